The Balaban J connectivity index is 1.67. The van der Waals surface area contributed by atoms with Crippen LogP contribution in [0.5, 0.6) is 0 Å². The number of sulfone groups is 1. The molecule has 142 valence electrons. The Hall–Kier alpha value is -1.81. The molecule has 26 heavy (non-hydrogen) atoms. The van der Waals surface area contributed by atoms with E-state index < -0.39 is 9.84 Å². The van der Waals surface area contributed by atoms with E-state index in [0.717, 1.165) is 0 Å². The maximum absolute atomic E-state index is 12.6. The van der Waals surface area contributed by atoms with E-state index in [2.05, 4.69) is 10.2 Å². The van der Waals surface area contributed by atoms with Crippen LogP contribution in [0.1, 0.15) is 20.3 Å². The van der Waals surface area contributed by atoms with Crippen molar-refractivity contribution < 1.29 is 17.6 Å². The summed E-state index contributed by atoms with van der Waals surface area (Å²) in [6.45, 7) is 5.00. The molecule has 0 radical (unpaired) electrons. The van der Waals surface area contributed by atoms with E-state index in [1.165, 1.54) is 11.8 Å². The molecule has 3 rings (SSSR count). The Morgan fingerprint density at radius 2 is 2.23 bits per heavy atom. The van der Waals surface area contributed by atoms with Crippen LogP contribution in [0.2, 0.25) is 0 Å². The Morgan fingerprint density at radius 3 is 2.81 bits per heavy atom. The number of aromatic nitrogens is 3. The van der Waals surface area contributed by atoms with Gasteiger partial charge in [-0.15, -0.1) is 10.2 Å². The normalized spacial score (nSPS) is 18.9. The van der Waals surface area contributed by atoms with Crippen molar-refractivity contribution in [2.24, 2.45) is 0 Å². The fourth-order valence-electron chi connectivity index (χ4n) is 3.14. The largest absolute Gasteiger partial charge is 0.461 e. The number of nitrogens with zero attached hydrogens (tertiary/aromatic N) is 4. The number of hydrogen-bond donors (Lipinski definition) is 0. The van der Waals surface area contributed by atoms with E-state index in [1.807, 2.05) is 24.5 Å². The van der Waals surface area contributed by atoms with E-state index in [-0.39, 0.29) is 29.2 Å². The zero-order valence-corrected chi connectivity index (χ0v) is 16.4. The summed E-state index contributed by atoms with van der Waals surface area (Å²) < 4.78 is 30.7. The van der Waals surface area contributed by atoms with Crippen LogP contribution in [-0.4, -0.2) is 63.8 Å². The van der Waals surface area contributed by atoms with Crippen molar-refractivity contribution >= 4 is 27.5 Å². The van der Waals surface area contributed by atoms with Crippen molar-refractivity contribution in [1.82, 2.24) is 19.7 Å². The molecule has 1 amide bonds. The number of thioether (sulfide) groups is 1. The fourth-order valence-corrected chi connectivity index (χ4v) is 5.76. The average molecular weight is 399 g/mol. The molecule has 1 unspecified atom stereocenters. The van der Waals surface area contributed by atoms with E-state index in [1.54, 1.807) is 17.2 Å². The molecule has 0 saturated carbocycles. The first-order valence-corrected chi connectivity index (χ1v) is 11.4. The fraction of sp³-hybridized carbons (Fsp3) is 0.562. The molecule has 2 aromatic heterocycles. The smallest absolute Gasteiger partial charge is 0.233 e. The first kappa shape index (κ1) is 19.0. The minimum absolute atomic E-state index is 0.0605. The van der Waals surface area contributed by atoms with Gasteiger partial charge in [-0.2, -0.15) is 0 Å². The van der Waals surface area contributed by atoms with Crippen LogP contribution in [0.15, 0.2) is 28.0 Å². The lowest BCUT2D eigenvalue weighted by Gasteiger charge is -2.26. The van der Waals surface area contributed by atoms with Crippen molar-refractivity contribution in [3.05, 3.63) is 18.4 Å². The Bertz CT molecular complexity index is 861. The maximum Gasteiger partial charge on any atom is 0.233 e. The lowest BCUT2D eigenvalue weighted by molar-refractivity contribution is -0.129. The van der Waals surface area contributed by atoms with E-state index in [4.69, 9.17) is 4.42 Å². The first-order chi connectivity index (χ1) is 12.4. The van der Waals surface area contributed by atoms with Crippen LogP contribution in [0.25, 0.3) is 11.6 Å². The summed E-state index contributed by atoms with van der Waals surface area (Å²) in [7, 11) is -3.02. The predicted molar refractivity (Wildman–Crippen MR) is 98.6 cm³/mol. The minimum Gasteiger partial charge on any atom is -0.461 e. The summed E-state index contributed by atoms with van der Waals surface area (Å²) in [5.74, 6) is 1.59. The summed E-state index contributed by atoms with van der Waals surface area (Å²) in [5, 5.41) is 8.97. The van der Waals surface area contributed by atoms with Crippen molar-refractivity contribution in [2.45, 2.75) is 38.0 Å². The van der Waals surface area contributed by atoms with E-state index >= 15 is 0 Å². The number of carbonyl (C=O) groups excluding carboxylic acids is 1. The molecule has 0 N–H and O–H groups in total. The van der Waals surface area contributed by atoms with Gasteiger partial charge in [0.25, 0.3) is 0 Å². The standard InChI is InChI=1S/C16H22N4O4S2/c1-3-19(12-7-9-26(22,23)11-12)14(21)10-25-16-18-17-15(20(16)4-2)13-6-5-8-24-13/h5-6,8,12H,3-4,7,9-11H2,1-2H3. The molecular weight excluding hydrogens is 376 g/mol. The summed E-state index contributed by atoms with van der Waals surface area (Å²) in [4.78, 5) is 14.3. The van der Waals surface area contributed by atoms with Crippen LogP contribution >= 0.6 is 11.8 Å². The lowest BCUT2D eigenvalue weighted by Crippen LogP contribution is -2.42. The van der Waals surface area contributed by atoms with Gasteiger partial charge < -0.3 is 9.32 Å². The molecule has 1 fully saturated rings. The topological polar surface area (TPSA) is 98.3 Å². The number of furan rings is 1. The highest BCUT2D eigenvalue weighted by molar-refractivity contribution is 7.99. The van der Waals surface area contributed by atoms with Gasteiger partial charge in [-0.05, 0) is 32.4 Å². The molecule has 3 heterocycles. The molecule has 2 aromatic rings. The molecular formula is C16H22N4O4S2. The molecule has 0 bridgehead atoms. The van der Waals surface area contributed by atoms with Crippen molar-refractivity contribution in [3.63, 3.8) is 0 Å². The van der Waals surface area contributed by atoms with Crippen LogP contribution in [0, 0.1) is 0 Å². The highest BCUT2D eigenvalue weighted by Crippen LogP contribution is 2.25. The second-order valence-corrected chi connectivity index (χ2v) is 9.22. The third-order valence-corrected chi connectivity index (χ3v) is 7.11. The molecule has 1 saturated heterocycles. The minimum atomic E-state index is -3.02. The zero-order chi connectivity index (χ0) is 18.7. The predicted octanol–water partition coefficient (Wildman–Crippen LogP) is 1.69. The molecule has 1 aliphatic rings. The average Bonchev–Trinajstić information content (AvgIpc) is 3.32. The Labute approximate surface area is 156 Å². The Morgan fingerprint density at radius 1 is 1.42 bits per heavy atom. The first-order valence-electron chi connectivity index (χ1n) is 8.55. The van der Waals surface area contributed by atoms with Gasteiger partial charge in [0, 0.05) is 19.1 Å². The zero-order valence-electron chi connectivity index (χ0n) is 14.8. The SMILES string of the molecule is CCN(C(=O)CSc1nnc(-c2ccco2)n1CC)C1CCS(=O)(=O)C1. The molecule has 0 aromatic carbocycles. The third kappa shape index (κ3) is 3.96. The Kier molecular flexibility index (Phi) is 5.71. The van der Waals surface area contributed by atoms with Crippen molar-refractivity contribution in [1.29, 1.82) is 0 Å². The summed E-state index contributed by atoms with van der Waals surface area (Å²) >= 11 is 1.31. The monoisotopic (exact) mass is 398 g/mol. The quantitative estimate of drug-likeness (QED) is 0.655. The summed E-state index contributed by atoms with van der Waals surface area (Å²) in [6.07, 6.45) is 2.09. The van der Waals surface area contributed by atoms with Crippen LogP contribution in [0.4, 0.5) is 0 Å². The van der Waals surface area contributed by atoms with Gasteiger partial charge in [-0.25, -0.2) is 8.42 Å². The van der Waals surface area contributed by atoms with Gasteiger partial charge in [0.1, 0.15) is 0 Å². The highest BCUT2D eigenvalue weighted by atomic mass is 32.2. The second kappa shape index (κ2) is 7.83. The van der Waals surface area contributed by atoms with Crippen molar-refractivity contribution in [2.75, 3.05) is 23.8 Å². The van der Waals surface area contributed by atoms with Crippen LogP contribution in [-0.2, 0) is 21.2 Å². The second-order valence-electron chi connectivity index (χ2n) is 6.05. The van der Waals surface area contributed by atoms with Gasteiger partial charge in [-0.1, -0.05) is 11.8 Å². The number of amides is 1. The third-order valence-electron chi connectivity index (χ3n) is 4.41. The van der Waals surface area contributed by atoms with Crippen molar-refractivity contribution in [3.8, 4) is 11.6 Å². The lowest BCUT2D eigenvalue weighted by atomic mass is 10.2. The molecule has 0 aliphatic carbocycles. The van der Waals surface area contributed by atoms with Gasteiger partial charge in [0.05, 0.1) is 23.5 Å². The number of hydrogen-bond acceptors (Lipinski definition) is 7. The maximum atomic E-state index is 12.6. The van der Waals surface area contributed by atoms with E-state index in [9.17, 15) is 13.2 Å². The molecule has 0 spiro atoms. The molecule has 10 heteroatoms. The van der Waals surface area contributed by atoms with Crippen LogP contribution < -0.4 is 0 Å². The van der Waals surface area contributed by atoms with Gasteiger partial charge >= 0.3 is 0 Å². The van der Waals surface area contributed by atoms with Gasteiger partial charge in [0.2, 0.25) is 5.91 Å². The number of rotatable bonds is 7. The van der Waals surface area contributed by atoms with Gasteiger partial charge in [0.15, 0.2) is 26.6 Å². The number of carbonyl (C=O) groups is 1. The molecule has 1 atom stereocenters. The van der Waals surface area contributed by atoms with Gasteiger partial charge in [-0.3, -0.25) is 9.36 Å². The van der Waals surface area contributed by atoms with E-state index in [0.29, 0.717) is 36.3 Å². The molecule has 8 nitrogen and oxygen atoms in total. The summed E-state index contributed by atoms with van der Waals surface area (Å²) in [6, 6.07) is 3.38. The summed E-state index contributed by atoms with van der Waals surface area (Å²) in [5.41, 5.74) is 0. The highest BCUT2D eigenvalue weighted by Gasteiger charge is 2.33. The van der Waals surface area contributed by atoms with Crippen LogP contribution in [0.3, 0.4) is 0 Å². The molecule has 1 aliphatic heterocycles.